The molecule has 23 heavy (non-hydrogen) atoms. The Kier molecular flexibility index (Phi) is 10.9. The van der Waals surface area contributed by atoms with Gasteiger partial charge >= 0.3 is 6.18 Å². The fourth-order valence-electron chi connectivity index (χ4n) is 1.74. The molecule has 132 valence electrons. The summed E-state index contributed by atoms with van der Waals surface area (Å²) in [5.41, 5.74) is 0.828. The van der Waals surface area contributed by atoms with Crippen molar-refractivity contribution in [2.45, 2.75) is 19.6 Å². The maximum Gasteiger partial charge on any atom is 0.401 e. The maximum atomic E-state index is 12.2. The summed E-state index contributed by atoms with van der Waals surface area (Å²) in [7, 11) is 1.44. The first-order valence-electron chi connectivity index (χ1n) is 7.08. The summed E-state index contributed by atoms with van der Waals surface area (Å²) < 4.78 is 36.6. The van der Waals surface area contributed by atoms with Crippen molar-refractivity contribution in [2.24, 2.45) is 4.99 Å². The first-order valence-corrected chi connectivity index (χ1v) is 7.08. The highest BCUT2D eigenvalue weighted by Crippen LogP contribution is 2.14. The minimum atomic E-state index is -4.17. The molecule has 1 aromatic heterocycles. The van der Waals surface area contributed by atoms with E-state index in [9.17, 15) is 13.2 Å². The van der Waals surface area contributed by atoms with Crippen molar-refractivity contribution in [3.8, 4) is 0 Å². The Balaban J connectivity index is 0.00000484. The molecule has 0 saturated heterocycles. The van der Waals surface area contributed by atoms with Gasteiger partial charge in [-0.25, -0.2) is 4.99 Å². The number of nitrogens with zero attached hydrogens (tertiary/aromatic N) is 3. The molecule has 9 heteroatoms. The number of alkyl halides is 3. The quantitative estimate of drug-likeness (QED) is 0.384. The molecule has 0 unspecified atom stereocenters. The molecule has 5 nitrogen and oxygen atoms in total. The summed E-state index contributed by atoms with van der Waals surface area (Å²) in [5, 5.41) is 6.05. The van der Waals surface area contributed by atoms with E-state index in [1.54, 1.807) is 6.20 Å². The van der Waals surface area contributed by atoms with E-state index >= 15 is 0 Å². The number of nitrogens with one attached hydrogen (secondary N) is 2. The standard InChI is InChI=1S/C14H22F3N5.HI/c1-3-18-13(21-10-12-6-4-5-7-19-12)20-8-9-22(2)11-14(15,16)17;/h4-7H,3,8-11H2,1-2H3,(H2,18,20,21);1H. The molecule has 0 saturated carbocycles. The van der Waals surface area contributed by atoms with Gasteiger partial charge in [-0.3, -0.25) is 9.88 Å². The lowest BCUT2D eigenvalue weighted by Crippen LogP contribution is -2.42. The number of pyridine rings is 1. The molecule has 0 bridgehead atoms. The number of halogens is 4. The van der Waals surface area contributed by atoms with Crippen LogP contribution in [0.1, 0.15) is 12.6 Å². The van der Waals surface area contributed by atoms with Crippen molar-refractivity contribution < 1.29 is 13.2 Å². The number of hydrogen-bond donors (Lipinski definition) is 2. The van der Waals surface area contributed by atoms with Gasteiger partial charge in [-0.05, 0) is 26.1 Å². The van der Waals surface area contributed by atoms with Crippen molar-refractivity contribution in [2.75, 3.05) is 33.2 Å². The van der Waals surface area contributed by atoms with Crippen LogP contribution in [0.4, 0.5) is 13.2 Å². The van der Waals surface area contributed by atoms with Crippen molar-refractivity contribution in [1.29, 1.82) is 0 Å². The molecule has 1 rings (SSSR count). The number of guanidine groups is 1. The van der Waals surface area contributed by atoms with Gasteiger partial charge in [-0.1, -0.05) is 6.07 Å². The van der Waals surface area contributed by atoms with Gasteiger partial charge in [0, 0.05) is 25.8 Å². The van der Waals surface area contributed by atoms with Crippen molar-refractivity contribution >= 4 is 29.9 Å². The lowest BCUT2D eigenvalue weighted by Gasteiger charge is -2.19. The lowest BCUT2D eigenvalue weighted by atomic mass is 10.3. The zero-order valence-electron chi connectivity index (χ0n) is 13.2. The summed E-state index contributed by atoms with van der Waals surface area (Å²) in [6.45, 7) is 2.74. The molecule has 0 fully saturated rings. The van der Waals surface area contributed by atoms with Gasteiger partial charge in [0.15, 0.2) is 5.96 Å². The van der Waals surface area contributed by atoms with Gasteiger partial charge in [0.25, 0.3) is 0 Å². The number of aliphatic imine (C=N–C) groups is 1. The molecule has 1 heterocycles. The molecule has 1 aromatic rings. The summed E-state index contributed by atoms with van der Waals surface area (Å²) in [6.07, 6.45) is -2.48. The first-order chi connectivity index (χ1) is 10.4. The van der Waals surface area contributed by atoms with E-state index in [1.165, 1.54) is 11.9 Å². The third kappa shape index (κ3) is 11.1. The van der Waals surface area contributed by atoms with Crippen LogP contribution < -0.4 is 10.6 Å². The first kappa shape index (κ1) is 21.9. The summed E-state index contributed by atoms with van der Waals surface area (Å²) in [4.78, 5) is 9.73. The third-order valence-corrected chi connectivity index (χ3v) is 2.70. The largest absolute Gasteiger partial charge is 0.401 e. The van der Waals surface area contributed by atoms with Gasteiger partial charge in [-0.15, -0.1) is 24.0 Å². The van der Waals surface area contributed by atoms with Crippen molar-refractivity contribution in [3.05, 3.63) is 30.1 Å². The minimum Gasteiger partial charge on any atom is -0.357 e. The third-order valence-electron chi connectivity index (χ3n) is 2.70. The Morgan fingerprint density at radius 3 is 2.61 bits per heavy atom. The maximum absolute atomic E-state index is 12.2. The summed E-state index contributed by atoms with van der Waals surface area (Å²) in [5.74, 6) is 0.563. The van der Waals surface area contributed by atoms with E-state index in [1.807, 2.05) is 25.1 Å². The van der Waals surface area contributed by atoms with E-state index in [2.05, 4.69) is 20.6 Å². The van der Waals surface area contributed by atoms with Crippen LogP contribution in [-0.4, -0.2) is 55.2 Å². The molecule has 0 amide bonds. The SMILES string of the molecule is CCNC(=NCc1ccccn1)NCCN(C)CC(F)(F)F.I. The normalized spacial score (nSPS) is 12.0. The molecule has 0 radical (unpaired) electrons. The zero-order valence-corrected chi connectivity index (χ0v) is 15.6. The molecule has 0 aliphatic rings. The van der Waals surface area contributed by atoms with Crippen molar-refractivity contribution in [3.63, 3.8) is 0 Å². The van der Waals surface area contributed by atoms with Gasteiger partial charge in [0.2, 0.25) is 0 Å². The topological polar surface area (TPSA) is 52.6 Å². The monoisotopic (exact) mass is 445 g/mol. The predicted molar refractivity (Wildman–Crippen MR) is 96.0 cm³/mol. The van der Waals surface area contributed by atoms with Crippen LogP contribution in [0.15, 0.2) is 29.4 Å². The molecule has 0 aliphatic heterocycles. The van der Waals surface area contributed by atoms with E-state index < -0.39 is 12.7 Å². The Hall–Kier alpha value is -1.10. The van der Waals surface area contributed by atoms with E-state index in [0.29, 0.717) is 25.6 Å². The van der Waals surface area contributed by atoms with Gasteiger partial charge in [-0.2, -0.15) is 13.2 Å². The van der Waals surface area contributed by atoms with Crippen LogP contribution in [-0.2, 0) is 6.54 Å². The predicted octanol–water partition coefficient (Wildman–Crippen LogP) is 2.25. The Bertz CT molecular complexity index is 453. The molecule has 0 atom stereocenters. The van der Waals surface area contributed by atoms with Crippen LogP contribution in [0.25, 0.3) is 0 Å². The molecular formula is C14H23F3IN5. The summed E-state index contributed by atoms with van der Waals surface area (Å²) >= 11 is 0. The molecule has 0 aromatic carbocycles. The highest BCUT2D eigenvalue weighted by Gasteiger charge is 2.28. The highest BCUT2D eigenvalue weighted by molar-refractivity contribution is 14.0. The highest BCUT2D eigenvalue weighted by atomic mass is 127. The van der Waals surface area contributed by atoms with Crippen LogP contribution >= 0.6 is 24.0 Å². The lowest BCUT2D eigenvalue weighted by molar-refractivity contribution is -0.142. The van der Waals surface area contributed by atoms with Gasteiger partial charge in [0.1, 0.15) is 0 Å². The van der Waals surface area contributed by atoms with Crippen LogP contribution in [0.2, 0.25) is 0 Å². The molecular weight excluding hydrogens is 422 g/mol. The van der Waals surface area contributed by atoms with E-state index in [4.69, 9.17) is 0 Å². The van der Waals surface area contributed by atoms with Gasteiger partial charge < -0.3 is 10.6 Å². The minimum absolute atomic E-state index is 0. The van der Waals surface area contributed by atoms with Crippen LogP contribution in [0, 0.1) is 0 Å². The Morgan fingerprint density at radius 1 is 1.30 bits per heavy atom. The number of likely N-dealkylation sites (N-methyl/N-ethyl adjacent to an activating group) is 1. The summed E-state index contributed by atoms with van der Waals surface area (Å²) in [6, 6.07) is 5.57. The fraction of sp³-hybridized carbons (Fsp3) is 0.571. The molecule has 0 spiro atoms. The van der Waals surface area contributed by atoms with E-state index in [0.717, 1.165) is 5.69 Å². The average molecular weight is 445 g/mol. The van der Waals surface area contributed by atoms with Gasteiger partial charge in [0.05, 0.1) is 18.8 Å². The molecule has 0 aliphatic carbocycles. The number of aromatic nitrogens is 1. The average Bonchev–Trinajstić information content (AvgIpc) is 2.44. The number of rotatable bonds is 7. The zero-order chi connectivity index (χ0) is 16.4. The van der Waals surface area contributed by atoms with Crippen molar-refractivity contribution in [1.82, 2.24) is 20.5 Å². The smallest absolute Gasteiger partial charge is 0.357 e. The Morgan fingerprint density at radius 2 is 2.04 bits per heavy atom. The number of hydrogen-bond acceptors (Lipinski definition) is 3. The Labute approximate surface area is 151 Å². The molecule has 2 N–H and O–H groups in total. The second-order valence-electron chi connectivity index (χ2n) is 4.80. The van der Waals surface area contributed by atoms with Crippen LogP contribution in [0.5, 0.6) is 0 Å². The van der Waals surface area contributed by atoms with E-state index in [-0.39, 0.29) is 30.5 Å². The van der Waals surface area contributed by atoms with Crippen LogP contribution in [0.3, 0.4) is 0 Å². The second-order valence-corrected chi connectivity index (χ2v) is 4.80. The second kappa shape index (κ2) is 11.4. The fourth-order valence-corrected chi connectivity index (χ4v) is 1.74.